The number of fused-ring (bicyclic) bond motifs is 1. The molecule has 2 aliphatic rings. The average molecular weight is 339 g/mol. The van der Waals surface area contributed by atoms with Gasteiger partial charge < -0.3 is 15.4 Å². The number of primary amides is 1. The number of nitrogens with zero attached hydrogens (tertiary/aromatic N) is 2. The lowest BCUT2D eigenvalue weighted by atomic mass is 10.2. The van der Waals surface area contributed by atoms with E-state index in [0.29, 0.717) is 11.6 Å². The highest BCUT2D eigenvalue weighted by Crippen LogP contribution is 2.28. The molecule has 3 N–H and O–H groups in total. The second-order valence-electron chi connectivity index (χ2n) is 6.00. The summed E-state index contributed by atoms with van der Waals surface area (Å²) in [6.45, 7) is 5.20. The second kappa shape index (κ2) is 7.46. The molecule has 1 aliphatic heterocycles. The fourth-order valence-corrected chi connectivity index (χ4v) is 4.07. The summed E-state index contributed by atoms with van der Waals surface area (Å²) in [5.74, 6) is -0.218. The van der Waals surface area contributed by atoms with Gasteiger partial charge in [-0.2, -0.15) is 4.98 Å². The normalized spacial score (nSPS) is 18.1. The van der Waals surface area contributed by atoms with E-state index in [9.17, 15) is 9.59 Å². The van der Waals surface area contributed by atoms with Crippen LogP contribution >= 0.6 is 11.8 Å². The molecule has 126 valence electrons. The molecule has 0 bridgehead atoms. The molecule has 0 saturated carbocycles. The molecule has 0 unspecified atom stereocenters. The molecule has 1 amide bonds. The number of carbonyl (C=O) groups excluding carboxylic acids is 1. The Kier molecular flexibility index (Phi) is 5.34. The minimum absolute atomic E-state index is 0.167. The Morgan fingerprint density at radius 3 is 2.87 bits per heavy atom. The topological polar surface area (TPSA) is 91.7 Å². The molecule has 1 saturated heterocycles. The molecule has 7 nitrogen and oxygen atoms in total. The number of amides is 1. The lowest BCUT2D eigenvalue weighted by molar-refractivity contribution is -0.908. The largest absolute Gasteiger partial charge is 0.370 e. The van der Waals surface area contributed by atoms with Gasteiger partial charge in [-0.15, -0.1) is 0 Å². The van der Waals surface area contributed by atoms with E-state index in [0.717, 1.165) is 63.4 Å². The second-order valence-corrected chi connectivity index (χ2v) is 6.96. The number of morpholine rings is 1. The Morgan fingerprint density at radius 1 is 1.35 bits per heavy atom. The zero-order chi connectivity index (χ0) is 16.2. The Balaban J connectivity index is 1.76. The number of ether oxygens (including phenoxy) is 1. The van der Waals surface area contributed by atoms with Crippen LogP contribution in [0.5, 0.6) is 0 Å². The van der Waals surface area contributed by atoms with Crippen LogP contribution in [0.3, 0.4) is 0 Å². The summed E-state index contributed by atoms with van der Waals surface area (Å²) in [5, 5.41) is 0.691. The molecule has 8 heteroatoms. The van der Waals surface area contributed by atoms with E-state index in [4.69, 9.17) is 10.5 Å². The van der Waals surface area contributed by atoms with E-state index in [-0.39, 0.29) is 17.3 Å². The standard InChI is InChI=1S/C15H22N4O3S/c16-13(20)10-23-14-11-2-1-3-12(11)19(15(21)17-14)5-4-18-6-8-22-9-7-18/h1-10H2,(H2,16,20)/p+1. The van der Waals surface area contributed by atoms with Gasteiger partial charge in [0.1, 0.15) is 18.1 Å². The monoisotopic (exact) mass is 339 g/mol. The fraction of sp³-hybridized carbons (Fsp3) is 0.667. The summed E-state index contributed by atoms with van der Waals surface area (Å²) in [7, 11) is 0. The van der Waals surface area contributed by atoms with E-state index < -0.39 is 0 Å². The molecule has 0 radical (unpaired) electrons. The van der Waals surface area contributed by atoms with Gasteiger partial charge in [0.05, 0.1) is 32.1 Å². The van der Waals surface area contributed by atoms with Gasteiger partial charge in [0.2, 0.25) is 5.91 Å². The maximum absolute atomic E-state index is 12.4. The van der Waals surface area contributed by atoms with Crippen molar-refractivity contribution in [2.24, 2.45) is 5.73 Å². The van der Waals surface area contributed by atoms with Gasteiger partial charge in [-0.1, -0.05) is 11.8 Å². The first kappa shape index (κ1) is 16.5. The molecule has 2 heterocycles. The first-order valence-electron chi connectivity index (χ1n) is 8.10. The van der Waals surface area contributed by atoms with Crippen LogP contribution in [0.4, 0.5) is 0 Å². The third-order valence-corrected chi connectivity index (χ3v) is 5.48. The number of thioether (sulfide) groups is 1. The highest BCUT2D eigenvalue weighted by atomic mass is 32.2. The Morgan fingerprint density at radius 2 is 2.13 bits per heavy atom. The van der Waals surface area contributed by atoms with Gasteiger partial charge in [-0.05, 0) is 19.3 Å². The first-order valence-corrected chi connectivity index (χ1v) is 9.08. The zero-order valence-electron chi connectivity index (χ0n) is 13.2. The average Bonchev–Trinajstić information content (AvgIpc) is 3.02. The number of quaternary nitrogens is 1. The van der Waals surface area contributed by atoms with Crippen LogP contribution in [-0.2, 0) is 28.9 Å². The Labute approximate surface area is 139 Å². The molecule has 0 aromatic carbocycles. The van der Waals surface area contributed by atoms with Crippen molar-refractivity contribution in [2.45, 2.75) is 30.8 Å². The predicted octanol–water partition coefficient (Wildman–Crippen LogP) is -1.78. The van der Waals surface area contributed by atoms with Crippen LogP contribution in [-0.4, -0.2) is 54.1 Å². The molecule has 1 fully saturated rings. The summed E-state index contributed by atoms with van der Waals surface area (Å²) in [6, 6.07) is 0. The van der Waals surface area contributed by atoms with E-state index in [1.807, 2.05) is 4.57 Å². The fourth-order valence-electron chi connectivity index (χ4n) is 3.26. The van der Waals surface area contributed by atoms with E-state index in [1.54, 1.807) is 0 Å². The highest BCUT2D eigenvalue weighted by Gasteiger charge is 2.23. The highest BCUT2D eigenvalue weighted by molar-refractivity contribution is 7.99. The third kappa shape index (κ3) is 3.94. The van der Waals surface area contributed by atoms with Crippen molar-refractivity contribution in [3.05, 3.63) is 21.7 Å². The van der Waals surface area contributed by atoms with Crippen molar-refractivity contribution in [2.75, 3.05) is 38.6 Å². The number of hydrogen-bond donors (Lipinski definition) is 2. The Hall–Kier alpha value is -1.38. The molecular formula is C15H23N4O3S+. The van der Waals surface area contributed by atoms with Gasteiger partial charge in [-0.3, -0.25) is 9.36 Å². The number of hydrogen-bond acceptors (Lipinski definition) is 5. The maximum atomic E-state index is 12.4. The van der Waals surface area contributed by atoms with Crippen LogP contribution in [0.2, 0.25) is 0 Å². The van der Waals surface area contributed by atoms with Crippen LogP contribution in [0.25, 0.3) is 0 Å². The summed E-state index contributed by atoms with van der Waals surface area (Å²) < 4.78 is 7.20. The molecule has 0 spiro atoms. The van der Waals surface area contributed by atoms with Crippen molar-refractivity contribution in [1.29, 1.82) is 0 Å². The number of nitrogens with two attached hydrogens (primary N) is 1. The predicted molar refractivity (Wildman–Crippen MR) is 86.8 cm³/mol. The summed E-state index contributed by atoms with van der Waals surface area (Å²) >= 11 is 1.28. The summed E-state index contributed by atoms with van der Waals surface area (Å²) in [5.41, 5.74) is 7.23. The van der Waals surface area contributed by atoms with Gasteiger partial charge >= 0.3 is 5.69 Å². The van der Waals surface area contributed by atoms with Gasteiger partial charge in [-0.25, -0.2) is 4.79 Å². The quantitative estimate of drug-likeness (QED) is 0.472. The van der Waals surface area contributed by atoms with Crippen molar-refractivity contribution in [1.82, 2.24) is 9.55 Å². The summed E-state index contributed by atoms with van der Waals surface area (Å²) in [4.78, 5) is 29.1. The summed E-state index contributed by atoms with van der Waals surface area (Å²) in [6.07, 6.45) is 2.87. The lowest BCUT2D eigenvalue weighted by Crippen LogP contribution is -3.14. The molecular weight excluding hydrogens is 316 g/mol. The molecule has 23 heavy (non-hydrogen) atoms. The molecule has 1 aromatic heterocycles. The van der Waals surface area contributed by atoms with Gasteiger partial charge in [0.15, 0.2) is 0 Å². The van der Waals surface area contributed by atoms with Crippen LogP contribution < -0.4 is 16.3 Å². The molecule has 1 aliphatic carbocycles. The maximum Gasteiger partial charge on any atom is 0.349 e. The van der Waals surface area contributed by atoms with Crippen molar-refractivity contribution in [3.8, 4) is 0 Å². The van der Waals surface area contributed by atoms with Crippen molar-refractivity contribution < 1.29 is 14.4 Å². The molecule has 1 aromatic rings. The molecule has 3 rings (SSSR count). The van der Waals surface area contributed by atoms with Crippen LogP contribution in [0.1, 0.15) is 17.7 Å². The number of nitrogens with one attached hydrogen (secondary N) is 1. The van der Waals surface area contributed by atoms with Crippen LogP contribution in [0, 0.1) is 0 Å². The minimum Gasteiger partial charge on any atom is -0.370 e. The lowest BCUT2D eigenvalue weighted by Gasteiger charge is -2.24. The number of aromatic nitrogens is 2. The Bertz CT molecular complexity index is 640. The zero-order valence-corrected chi connectivity index (χ0v) is 14.0. The number of carbonyl (C=O) groups is 1. The van der Waals surface area contributed by atoms with E-state index in [1.165, 1.54) is 16.7 Å². The van der Waals surface area contributed by atoms with Crippen LogP contribution in [0.15, 0.2) is 9.82 Å². The van der Waals surface area contributed by atoms with Gasteiger partial charge in [0.25, 0.3) is 0 Å². The SMILES string of the molecule is NC(=O)CSc1nc(=O)n(CC[NH+]2CCOCC2)c2c1CCC2. The third-order valence-electron chi connectivity index (χ3n) is 4.44. The first-order chi connectivity index (χ1) is 11.1. The number of rotatable bonds is 6. The van der Waals surface area contributed by atoms with Crippen molar-refractivity contribution in [3.63, 3.8) is 0 Å². The van der Waals surface area contributed by atoms with Crippen molar-refractivity contribution >= 4 is 17.7 Å². The minimum atomic E-state index is -0.386. The van der Waals surface area contributed by atoms with Gasteiger partial charge in [0, 0.05) is 11.3 Å². The van der Waals surface area contributed by atoms with E-state index in [2.05, 4.69) is 4.98 Å². The molecule has 0 atom stereocenters. The van der Waals surface area contributed by atoms with E-state index >= 15 is 0 Å². The smallest absolute Gasteiger partial charge is 0.349 e.